The van der Waals surface area contributed by atoms with E-state index in [1.165, 1.54) is 0 Å². The lowest BCUT2D eigenvalue weighted by Crippen LogP contribution is -2.52. The number of benzene rings is 1. The zero-order valence-corrected chi connectivity index (χ0v) is 17.0. The normalized spacial score (nSPS) is 30.7. The molecule has 3 aliphatic rings. The zero-order chi connectivity index (χ0) is 19.9. The van der Waals surface area contributed by atoms with Crippen LogP contribution in [-0.2, 0) is 25.7 Å². The third-order valence-corrected chi connectivity index (χ3v) is 5.95. The minimum absolute atomic E-state index is 0.0225. The van der Waals surface area contributed by atoms with Crippen LogP contribution in [0.2, 0.25) is 0 Å². The van der Waals surface area contributed by atoms with Gasteiger partial charge in [0.15, 0.2) is 0 Å². The van der Waals surface area contributed by atoms with Crippen molar-refractivity contribution in [1.29, 1.82) is 0 Å². The number of hydrogen-bond acceptors (Lipinski definition) is 5. The Labute approximate surface area is 166 Å². The average molecular weight is 386 g/mol. The number of nitrogens with zero attached hydrogens (tertiary/aromatic N) is 2. The van der Waals surface area contributed by atoms with E-state index in [0.717, 1.165) is 24.8 Å². The van der Waals surface area contributed by atoms with E-state index in [1.54, 1.807) is 0 Å². The lowest BCUT2D eigenvalue weighted by molar-refractivity contribution is -0.173. The Kier molecular flexibility index (Phi) is 5.19. The van der Waals surface area contributed by atoms with E-state index in [0.29, 0.717) is 19.6 Å². The molecule has 0 unspecified atom stereocenters. The fraction of sp³-hybridized carbons (Fsp3) is 0.636. The molecule has 0 aromatic heterocycles. The quantitative estimate of drug-likeness (QED) is 0.748. The Morgan fingerprint density at radius 1 is 1.14 bits per heavy atom. The highest BCUT2D eigenvalue weighted by molar-refractivity contribution is 5.89. The van der Waals surface area contributed by atoms with Gasteiger partial charge in [-0.1, -0.05) is 30.3 Å². The highest BCUT2D eigenvalue weighted by Crippen LogP contribution is 2.39. The van der Waals surface area contributed by atoms with Crippen molar-refractivity contribution in [3.63, 3.8) is 0 Å². The molecule has 4 atom stereocenters. The van der Waals surface area contributed by atoms with E-state index in [4.69, 9.17) is 9.57 Å². The second-order valence-electron chi connectivity index (χ2n) is 9.16. The molecule has 4 rings (SSSR count). The van der Waals surface area contributed by atoms with E-state index < -0.39 is 11.6 Å². The van der Waals surface area contributed by atoms with Crippen LogP contribution in [0.25, 0.3) is 0 Å². The molecule has 0 radical (unpaired) electrons. The fourth-order valence-corrected chi connectivity index (χ4v) is 4.73. The van der Waals surface area contributed by atoms with Gasteiger partial charge in [-0.25, -0.2) is 4.79 Å². The van der Waals surface area contributed by atoms with Gasteiger partial charge in [0.1, 0.15) is 17.7 Å². The van der Waals surface area contributed by atoms with Crippen molar-refractivity contribution < 1.29 is 19.2 Å². The molecule has 3 aliphatic heterocycles. The fourth-order valence-electron chi connectivity index (χ4n) is 4.73. The third kappa shape index (κ3) is 3.80. The van der Waals surface area contributed by atoms with E-state index in [9.17, 15) is 9.59 Å². The molecule has 6 nitrogen and oxygen atoms in total. The first-order chi connectivity index (χ1) is 13.3. The molecule has 0 bridgehead atoms. The number of carbonyl (C=O) groups excluding carboxylic acids is 2. The number of hydroxylamine groups is 2. The van der Waals surface area contributed by atoms with Gasteiger partial charge in [-0.2, -0.15) is 5.06 Å². The zero-order valence-electron chi connectivity index (χ0n) is 17.0. The molecule has 28 heavy (non-hydrogen) atoms. The molecule has 3 heterocycles. The smallest absolute Gasteiger partial charge is 0.329 e. The number of carbonyl (C=O) groups is 2. The van der Waals surface area contributed by atoms with Crippen molar-refractivity contribution in [2.24, 2.45) is 5.92 Å². The topological polar surface area (TPSA) is 59.1 Å². The predicted molar refractivity (Wildman–Crippen MR) is 104 cm³/mol. The van der Waals surface area contributed by atoms with Gasteiger partial charge in [-0.15, -0.1) is 0 Å². The largest absolute Gasteiger partial charge is 0.458 e. The van der Waals surface area contributed by atoms with Gasteiger partial charge in [0.25, 0.3) is 0 Å². The first kappa shape index (κ1) is 19.4. The summed E-state index contributed by atoms with van der Waals surface area (Å²) in [4.78, 5) is 34.1. The number of hydrogen-bond donors (Lipinski definition) is 0. The maximum atomic E-state index is 13.6. The first-order valence-electron chi connectivity index (χ1n) is 10.3. The Bertz CT molecular complexity index is 730. The molecule has 1 aromatic rings. The van der Waals surface area contributed by atoms with Gasteiger partial charge in [-0.05, 0) is 52.0 Å². The van der Waals surface area contributed by atoms with Gasteiger partial charge in [0, 0.05) is 18.5 Å². The Hall–Kier alpha value is -1.92. The standard InChI is InChI=1S/C22H30N2O4/c1-22(2,3)28-21(26)18-12-11-17-10-9-16-14-27-23(19(16)20(25)24(17)18)13-15-7-5-4-6-8-15/h4-8,16-19H,9-14H2,1-3H3/t16-,17+,18+,19+/m0/s1. The van der Waals surface area contributed by atoms with Gasteiger partial charge in [0.2, 0.25) is 5.91 Å². The summed E-state index contributed by atoms with van der Waals surface area (Å²) in [6.07, 6.45) is 3.43. The molecule has 0 aliphatic carbocycles. The monoisotopic (exact) mass is 386 g/mol. The molecule has 3 fully saturated rings. The van der Waals surface area contributed by atoms with Crippen molar-refractivity contribution >= 4 is 11.9 Å². The number of ether oxygens (including phenoxy) is 1. The van der Waals surface area contributed by atoms with E-state index in [2.05, 4.69) is 0 Å². The predicted octanol–water partition coefficient (Wildman–Crippen LogP) is 2.91. The first-order valence-corrected chi connectivity index (χ1v) is 10.3. The Morgan fingerprint density at radius 3 is 2.57 bits per heavy atom. The second kappa shape index (κ2) is 7.48. The Balaban J connectivity index is 1.55. The van der Waals surface area contributed by atoms with Crippen molar-refractivity contribution in [2.45, 2.75) is 76.7 Å². The molecule has 3 saturated heterocycles. The van der Waals surface area contributed by atoms with Crippen molar-refractivity contribution in [3.8, 4) is 0 Å². The van der Waals surface area contributed by atoms with Crippen LogP contribution >= 0.6 is 0 Å². The van der Waals surface area contributed by atoms with Crippen LogP contribution in [0, 0.1) is 5.92 Å². The van der Waals surface area contributed by atoms with E-state index in [1.807, 2.05) is 61.1 Å². The van der Waals surface area contributed by atoms with Crippen molar-refractivity contribution in [1.82, 2.24) is 9.96 Å². The van der Waals surface area contributed by atoms with Crippen LogP contribution in [0.5, 0.6) is 0 Å². The van der Waals surface area contributed by atoms with Crippen LogP contribution in [0.15, 0.2) is 30.3 Å². The maximum absolute atomic E-state index is 13.6. The number of esters is 1. The number of rotatable bonds is 3. The lowest BCUT2D eigenvalue weighted by atomic mass is 9.95. The molecule has 152 valence electrons. The van der Waals surface area contributed by atoms with E-state index >= 15 is 0 Å². The van der Waals surface area contributed by atoms with Gasteiger partial charge < -0.3 is 9.64 Å². The summed E-state index contributed by atoms with van der Waals surface area (Å²) >= 11 is 0. The SMILES string of the molecule is CC(C)(C)OC(=O)[C@H]1CC[C@H]2CC[C@H]3CON(Cc4ccccc4)[C@H]3C(=O)N21. The molecule has 6 heteroatoms. The molecule has 0 spiro atoms. The van der Waals surface area contributed by atoms with Gasteiger partial charge in [-0.3, -0.25) is 9.63 Å². The second-order valence-corrected chi connectivity index (χ2v) is 9.16. The third-order valence-electron chi connectivity index (χ3n) is 5.95. The van der Waals surface area contributed by atoms with E-state index in [-0.39, 0.29) is 29.9 Å². The molecule has 1 aromatic carbocycles. The minimum atomic E-state index is -0.553. The van der Waals surface area contributed by atoms with Crippen LogP contribution in [0.1, 0.15) is 52.0 Å². The summed E-state index contributed by atoms with van der Waals surface area (Å²) in [6.45, 7) is 6.74. The van der Waals surface area contributed by atoms with Gasteiger partial charge in [0.05, 0.1) is 6.61 Å². The number of fused-ring (bicyclic) bond motifs is 2. The molecular formula is C22H30N2O4. The van der Waals surface area contributed by atoms with Crippen LogP contribution in [0.4, 0.5) is 0 Å². The molecule has 1 amide bonds. The summed E-state index contributed by atoms with van der Waals surface area (Å²) in [5, 5.41) is 1.83. The molecule has 0 saturated carbocycles. The van der Waals surface area contributed by atoms with Crippen LogP contribution in [-0.4, -0.2) is 52.2 Å². The maximum Gasteiger partial charge on any atom is 0.329 e. The average Bonchev–Trinajstić information content (AvgIpc) is 3.20. The Morgan fingerprint density at radius 2 is 1.86 bits per heavy atom. The molecular weight excluding hydrogens is 356 g/mol. The van der Waals surface area contributed by atoms with Gasteiger partial charge >= 0.3 is 5.97 Å². The summed E-state index contributed by atoms with van der Waals surface area (Å²) in [6, 6.07) is 9.38. The lowest BCUT2D eigenvalue weighted by Gasteiger charge is -2.33. The summed E-state index contributed by atoms with van der Waals surface area (Å²) < 4.78 is 5.62. The highest BCUT2D eigenvalue weighted by Gasteiger charge is 2.52. The summed E-state index contributed by atoms with van der Waals surface area (Å²) in [5.74, 6) is -0.0780. The summed E-state index contributed by atoms with van der Waals surface area (Å²) in [7, 11) is 0. The van der Waals surface area contributed by atoms with Crippen molar-refractivity contribution in [2.75, 3.05) is 6.61 Å². The van der Waals surface area contributed by atoms with Crippen molar-refractivity contribution in [3.05, 3.63) is 35.9 Å². The van der Waals surface area contributed by atoms with Crippen LogP contribution in [0.3, 0.4) is 0 Å². The van der Waals surface area contributed by atoms with Crippen LogP contribution < -0.4 is 0 Å². The number of amides is 1. The molecule has 0 N–H and O–H groups in total. The highest BCUT2D eigenvalue weighted by atomic mass is 16.7. The minimum Gasteiger partial charge on any atom is -0.458 e. The summed E-state index contributed by atoms with van der Waals surface area (Å²) in [5.41, 5.74) is 0.560.